The van der Waals surface area contributed by atoms with Gasteiger partial charge in [-0.2, -0.15) is 0 Å². The van der Waals surface area contributed by atoms with E-state index in [0.29, 0.717) is 13.0 Å². The fraction of sp³-hybridized carbons (Fsp3) is 0.750. The van der Waals surface area contributed by atoms with Crippen LogP contribution in [0.5, 0.6) is 0 Å². The summed E-state index contributed by atoms with van der Waals surface area (Å²) < 4.78 is 5.40. The molecule has 1 aliphatic heterocycles. The number of nitrogens with one attached hydrogen (secondary N) is 1. The maximum Gasteiger partial charge on any atom is 0.314 e. The van der Waals surface area contributed by atoms with Gasteiger partial charge in [-0.05, 0) is 33.7 Å². The van der Waals surface area contributed by atoms with Crippen molar-refractivity contribution < 1.29 is 9.53 Å². The summed E-state index contributed by atoms with van der Waals surface area (Å²) in [6, 6.07) is 0. The number of carbonyl (C=O) groups is 1. The highest BCUT2D eigenvalue weighted by molar-refractivity contribution is 5.78. The van der Waals surface area contributed by atoms with Crippen LogP contribution in [0.15, 0.2) is 0 Å². The zero-order valence-corrected chi connectivity index (χ0v) is 9.72. The van der Waals surface area contributed by atoms with E-state index < -0.39 is 11.0 Å². The van der Waals surface area contributed by atoms with Crippen LogP contribution in [0.25, 0.3) is 0 Å². The lowest BCUT2D eigenvalue weighted by Crippen LogP contribution is -2.39. The molecule has 0 aromatic rings. The van der Waals surface area contributed by atoms with Gasteiger partial charge in [0.05, 0.1) is 5.41 Å². The number of rotatable bonds is 2. The highest BCUT2D eigenvalue weighted by Gasteiger charge is 2.43. The molecular weight excluding hydrogens is 190 g/mol. The second kappa shape index (κ2) is 4.24. The highest BCUT2D eigenvalue weighted by Crippen LogP contribution is 2.32. The lowest BCUT2D eigenvalue weighted by molar-refractivity contribution is -0.166. The van der Waals surface area contributed by atoms with E-state index in [-0.39, 0.29) is 5.97 Å². The Morgan fingerprint density at radius 3 is 2.67 bits per heavy atom. The molecule has 0 amide bonds. The predicted molar refractivity (Wildman–Crippen MR) is 59.2 cm³/mol. The molecule has 1 saturated heterocycles. The van der Waals surface area contributed by atoms with Crippen molar-refractivity contribution in [3.8, 4) is 12.3 Å². The molecule has 0 spiro atoms. The SMILES string of the molecule is C#CCC1(C(=O)OC(C)(C)C)CCNC1. The van der Waals surface area contributed by atoms with Gasteiger partial charge in [0.15, 0.2) is 0 Å². The molecule has 1 unspecified atom stereocenters. The van der Waals surface area contributed by atoms with Crippen molar-refractivity contribution in [2.24, 2.45) is 5.41 Å². The summed E-state index contributed by atoms with van der Waals surface area (Å²) in [6.07, 6.45) is 6.53. The molecule has 1 aliphatic rings. The number of hydrogen-bond donors (Lipinski definition) is 1. The van der Waals surface area contributed by atoms with E-state index in [4.69, 9.17) is 11.2 Å². The minimum Gasteiger partial charge on any atom is -0.459 e. The third-order valence-electron chi connectivity index (χ3n) is 2.52. The van der Waals surface area contributed by atoms with Crippen LogP contribution in [0.3, 0.4) is 0 Å². The van der Waals surface area contributed by atoms with E-state index in [2.05, 4.69) is 11.2 Å². The van der Waals surface area contributed by atoms with Crippen LogP contribution in [-0.4, -0.2) is 24.7 Å². The molecule has 1 rings (SSSR count). The molecule has 0 bridgehead atoms. The third kappa shape index (κ3) is 2.97. The molecule has 3 nitrogen and oxygen atoms in total. The lowest BCUT2D eigenvalue weighted by Gasteiger charge is -2.29. The quantitative estimate of drug-likeness (QED) is 0.551. The molecule has 0 radical (unpaired) electrons. The van der Waals surface area contributed by atoms with Crippen LogP contribution < -0.4 is 5.32 Å². The van der Waals surface area contributed by atoms with Crippen LogP contribution in [0.4, 0.5) is 0 Å². The Morgan fingerprint density at radius 1 is 1.60 bits per heavy atom. The van der Waals surface area contributed by atoms with Crippen molar-refractivity contribution in [1.29, 1.82) is 0 Å². The Morgan fingerprint density at radius 2 is 2.27 bits per heavy atom. The van der Waals surface area contributed by atoms with Crippen molar-refractivity contribution in [1.82, 2.24) is 5.32 Å². The van der Waals surface area contributed by atoms with Gasteiger partial charge in [-0.1, -0.05) is 0 Å². The largest absolute Gasteiger partial charge is 0.459 e. The van der Waals surface area contributed by atoms with Crippen LogP contribution in [0.1, 0.15) is 33.6 Å². The van der Waals surface area contributed by atoms with Gasteiger partial charge in [0, 0.05) is 13.0 Å². The van der Waals surface area contributed by atoms with Gasteiger partial charge < -0.3 is 10.1 Å². The van der Waals surface area contributed by atoms with Crippen molar-refractivity contribution in [3.63, 3.8) is 0 Å². The molecule has 0 aliphatic carbocycles. The third-order valence-corrected chi connectivity index (χ3v) is 2.52. The number of carbonyl (C=O) groups excluding carboxylic acids is 1. The Labute approximate surface area is 91.6 Å². The lowest BCUT2D eigenvalue weighted by atomic mass is 9.84. The molecular formula is C12H19NO2. The van der Waals surface area contributed by atoms with Crippen molar-refractivity contribution >= 4 is 5.97 Å². The molecule has 1 N–H and O–H groups in total. The molecule has 3 heteroatoms. The van der Waals surface area contributed by atoms with E-state index in [1.807, 2.05) is 20.8 Å². The summed E-state index contributed by atoms with van der Waals surface area (Å²) in [5.41, 5.74) is -0.941. The number of terminal acetylenes is 1. The highest BCUT2D eigenvalue weighted by atomic mass is 16.6. The molecule has 0 saturated carbocycles. The van der Waals surface area contributed by atoms with Gasteiger partial charge in [0.1, 0.15) is 5.60 Å². The van der Waals surface area contributed by atoms with Crippen LogP contribution >= 0.6 is 0 Å². The smallest absolute Gasteiger partial charge is 0.314 e. The molecule has 1 heterocycles. The Kier molecular flexibility index (Phi) is 3.41. The van der Waals surface area contributed by atoms with E-state index in [1.54, 1.807) is 0 Å². The van der Waals surface area contributed by atoms with E-state index in [0.717, 1.165) is 13.0 Å². The maximum atomic E-state index is 12.0. The normalized spacial score (nSPS) is 26.0. The number of esters is 1. The maximum absolute atomic E-state index is 12.0. The monoisotopic (exact) mass is 209 g/mol. The Balaban J connectivity index is 2.73. The average Bonchev–Trinajstić information content (AvgIpc) is 2.51. The number of ether oxygens (including phenoxy) is 1. The van der Waals surface area contributed by atoms with Crippen molar-refractivity contribution in [3.05, 3.63) is 0 Å². The van der Waals surface area contributed by atoms with Crippen LogP contribution in [-0.2, 0) is 9.53 Å². The van der Waals surface area contributed by atoms with E-state index in [9.17, 15) is 4.79 Å². The fourth-order valence-electron chi connectivity index (χ4n) is 1.72. The standard InChI is InChI=1S/C12H19NO2/c1-5-6-12(7-8-13-9-12)10(14)15-11(2,3)4/h1,13H,6-9H2,2-4H3. The van der Waals surface area contributed by atoms with Gasteiger partial charge >= 0.3 is 5.97 Å². The zero-order valence-electron chi connectivity index (χ0n) is 9.72. The van der Waals surface area contributed by atoms with Crippen LogP contribution in [0.2, 0.25) is 0 Å². The minimum atomic E-state index is -0.498. The summed E-state index contributed by atoms with van der Waals surface area (Å²) in [4.78, 5) is 12.0. The van der Waals surface area contributed by atoms with E-state index in [1.165, 1.54) is 0 Å². The summed E-state index contributed by atoms with van der Waals surface area (Å²) in [5, 5.41) is 3.17. The van der Waals surface area contributed by atoms with Crippen molar-refractivity contribution in [2.45, 2.75) is 39.2 Å². The zero-order chi connectivity index (χ0) is 11.5. The molecule has 1 atom stereocenters. The molecule has 15 heavy (non-hydrogen) atoms. The second-order valence-corrected chi connectivity index (χ2v) is 5.09. The summed E-state index contributed by atoms with van der Waals surface area (Å²) in [6.45, 7) is 7.08. The Bertz CT molecular complexity index is 277. The first-order chi connectivity index (χ1) is 6.90. The van der Waals surface area contributed by atoms with Gasteiger partial charge in [-0.25, -0.2) is 0 Å². The van der Waals surface area contributed by atoms with E-state index >= 15 is 0 Å². The predicted octanol–water partition coefficient (Wildman–Crippen LogP) is 1.33. The number of hydrogen-bond acceptors (Lipinski definition) is 3. The molecule has 84 valence electrons. The molecule has 0 aromatic carbocycles. The first-order valence-corrected chi connectivity index (χ1v) is 5.27. The first kappa shape index (κ1) is 12.1. The van der Waals surface area contributed by atoms with Crippen LogP contribution in [0, 0.1) is 17.8 Å². The topological polar surface area (TPSA) is 38.3 Å². The summed E-state index contributed by atoms with van der Waals surface area (Å²) in [5.74, 6) is 2.41. The van der Waals surface area contributed by atoms with Gasteiger partial charge in [-0.15, -0.1) is 12.3 Å². The average molecular weight is 209 g/mol. The van der Waals surface area contributed by atoms with Gasteiger partial charge in [0.25, 0.3) is 0 Å². The fourth-order valence-corrected chi connectivity index (χ4v) is 1.72. The summed E-state index contributed by atoms with van der Waals surface area (Å²) >= 11 is 0. The second-order valence-electron chi connectivity index (χ2n) is 5.09. The Hall–Kier alpha value is -1.01. The minimum absolute atomic E-state index is 0.169. The summed E-state index contributed by atoms with van der Waals surface area (Å²) in [7, 11) is 0. The van der Waals surface area contributed by atoms with Gasteiger partial charge in [0.2, 0.25) is 0 Å². The van der Waals surface area contributed by atoms with Gasteiger partial charge in [-0.3, -0.25) is 4.79 Å². The molecule has 1 fully saturated rings. The van der Waals surface area contributed by atoms with Crippen molar-refractivity contribution in [2.75, 3.05) is 13.1 Å². The first-order valence-electron chi connectivity index (χ1n) is 5.27. The molecule has 0 aromatic heterocycles.